The highest BCUT2D eigenvalue weighted by Gasteiger charge is 2.31. The van der Waals surface area contributed by atoms with E-state index in [0.717, 1.165) is 5.82 Å². The Balaban J connectivity index is 1.73. The molecule has 2 aliphatic rings. The summed E-state index contributed by atoms with van der Waals surface area (Å²) in [6.45, 7) is 0.605. The Kier molecular flexibility index (Phi) is 3.27. The minimum Gasteiger partial charge on any atom is -0.481 e. The van der Waals surface area contributed by atoms with Gasteiger partial charge in [-0.15, -0.1) is 10.2 Å². The van der Waals surface area contributed by atoms with Crippen molar-refractivity contribution in [2.24, 2.45) is 11.8 Å². The van der Waals surface area contributed by atoms with Gasteiger partial charge in [0.05, 0.1) is 17.4 Å². The minimum absolute atomic E-state index is 0.116. The molecule has 0 radical (unpaired) electrons. The zero-order valence-electron chi connectivity index (χ0n) is 11.0. The van der Waals surface area contributed by atoms with Crippen molar-refractivity contribution in [3.63, 3.8) is 0 Å². The Bertz CT molecular complexity index is 637. The topological polar surface area (TPSA) is 102 Å². The second-order valence-electron chi connectivity index (χ2n) is 5.69. The number of carbonyl (C=O) groups is 1. The van der Waals surface area contributed by atoms with Crippen LogP contribution in [0.15, 0.2) is 0 Å². The van der Waals surface area contributed by atoms with Crippen LogP contribution in [-0.2, 0) is 34.0 Å². The van der Waals surface area contributed by atoms with Crippen LogP contribution in [0.2, 0.25) is 0 Å². The van der Waals surface area contributed by atoms with E-state index in [0.29, 0.717) is 38.1 Å². The van der Waals surface area contributed by atoms with Crippen LogP contribution >= 0.6 is 0 Å². The number of hydrogen-bond acceptors (Lipinski definition) is 5. The summed E-state index contributed by atoms with van der Waals surface area (Å²) in [5.41, 5.74) is 0. The minimum atomic E-state index is -2.88. The third-order valence-electron chi connectivity index (χ3n) is 4.18. The van der Waals surface area contributed by atoms with Crippen molar-refractivity contribution in [2.45, 2.75) is 32.2 Å². The maximum Gasteiger partial charge on any atom is 0.307 e. The Hall–Kier alpha value is -1.44. The van der Waals surface area contributed by atoms with Gasteiger partial charge in [-0.25, -0.2) is 8.42 Å². The highest BCUT2D eigenvalue weighted by Crippen LogP contribution is 2.25. The van der Waals surface area contributed by atoms with Gasteiger partial charge in [-0.05, 0) is 18.8 Å². The van der Waals surface area contributed by atoms with E-state index in [1.54, 1.807) is 0 Å². The first-order valence-electron chi connectivity index (χ1n) is 6.79. The van der Waals surface area contributed by atoms with Crippen molar-refractivity contribution in [3.8, 4) is 0 Å². The molecule has 110 valence electrons. The number of carboxylic acid groups (broad SMARTS) is 1. The first-order valence-corrected chi connectivity index (χ1v) is 8.61. The van der Waals surface area contributed by atoms with Crippen molar-refractivity contribution in [1.29, 1.82) is 0 Å². The fraction of sp³-hybridized carbons (Fsp3) is 0.750. The maximum atomic E-state index is 11.5. The molecule has 0 aliphatic carbocycles. The van der Waals surface area contributed by atoms with E-state index in [-0.39, 0.29) is 23.3 Å². The fourth-order valence-electron chi connectivity index (χ4n) is 3.04. The zero-order valence-corrected chi connectivity index (χ0v) is 11.8. The van der Waals surface area contributed by atoms with Crippen LogP contribution in [0.25, 0.3) is 0 Å². The van der Waals surface area contributed by atoms with Crippen LogP contribution in [0.5, 0.6) is 0 Å². The molecule has 1 aromatic rings. The summed E-state index contributed by atoms with van der Waals surface area (Å²) in [4.78, 5) is 11.0. The van der Waals surface area contributed by atoms with Crippen LogP contribution in [0.1, 0.15) is 24.5 Å². The number of fused-ring (bicyclic) bond motifs is 1. The summed E-state index contributed by atoms with van der Waals surface area (Å²) in [7, 11) is -2.88. The van der Waals surface area contributed by atoms with Gasteiger partial charge in [0.25, 0.3) is 0 Å². The predicted octanol–water partition coefficient (Wildman–Crippen LogP) is -0.0977. The molecule has 1 saturated heterocycles. The zero-order chi connectivity index (χ0) is 14.3. The molecule has 0 bridgehead atoms. The second kappa shape index (κ2) is 4.83. The summed E-state index contributed by atoms with van der Waals surface area (Å²) in [6.07, 6.45) is 2.29. The largest absolute Gasteiger partial charge is 0.481 e. The lowest BCUT2D eigenvalue weighted by Crippen LogP contribution is -2.27. The van der Waals surface area contributed by atoms with E-state index in [4.69, 9.17) is 5.11 Å². The molecule has 1 aromatic heterocycles. The van der Waals surface area contributed by atoms with Gasteiger partial charge < -0.3 is 9.67 Å². The SMILES string of the molecule is O=C(O)C1CCn2c(CC3CCS(=O)(=O)C3)nnc2C1. The Morgan fingerprint density at radius 2 is 2.15 bits per heavy atom. The lowest BCUT2D eigenvalue weighted by Gasteiger charge is -2.21. The molecule has 2 atom stereocenters. The molecular weight excluding hydrogens is 282 g/mol. The van der Waals surface area contributed by atoms with Gasteiger partial charge in [-0.1, -0.05) is 0 Å². The maximum absolute atomic E-state index is 11.5. The van der Waals surface area contributed by atoms with Crippen molar-refractivity contribution < 1.29 is 18.3 Å². The van der Waals surface area contributed by atoms with E-state index in [1.807, 2.05) is 4.57 Å². The van der Waals surface area contributed by atoms with Gasteiger partial charge in [0.1, 0.15) is 11.6 Å². The number of aliphatic carboxylic acids is 1. The monoisotopic (exact) mass is 299 g/mol. The van der Waals surface area contributed by atoms with Crippen molar-refractivity contribution >= 4 is 15.8 Å². The molecule has 1 N–H and O–H groups in total. The summed E-state index contributed by atoms with van der Waals surface area (Å²) >= 11 is 0. The highest BCUT2D eigenvalue weighted by atomic mass is 32.2. The molecule has 0 saturated carbocycles. The molecule has 3 rings (SSSR count). The molecule has 3 heterocycles. The van der Waals surface area contributed by atoms with E-state index >= 15 is 0 Å². The number of sulfone groups is 1. The average molecular weight is 299 g/mol. The van der Waals surface area contributed by atoms with Gasteiger partial charge in [0.15, 0.2) is 9.84 Å². The Labute approximate surface area is 116 Å². The number of nitrogens with zero attached hydrogens (tertiary/aromatic N) is 3. The van der Waals surface area contributed by atoms with Crippen LogP contribution < -0.4 is 0 Å². The highest BCUT2D eigenvalue weighted by molar-refractivity contribution is 7.91. The number of carboxylic acids is 1. The van der Waals surface area contributed by atoms with Gasteiger partial charge in [0.2, 0.25) is 0 Å². The third-order valence-corrected chi connectivity index (χ3v) is 6.02. The van der Waals surface area contributed by atoms with Gasteiger partial charge in [-0.2, -0.15) is 0 Å². The predicted molar refractivity (Wildman–Crippen MR) is 69.9 cm³/mol. The molecule has 0 spiro atoms. The summed E-state index contributed by atoms with van der Waals surface area (Å²) < 4.78 is 24.9. The summed E-state index contributed by atoms with van der Waals surface area (Å²) in [5, 5.41) is 17.2. The molecular formula is C12H17N3O4S. The first-order chi connectivity index (χ1) is 9.44. The van der Waals surface area contributed by atoms with Gasteiger partial charge >= 0.3 is 5.97 Å². The van der Waals surface area contributed by atoms with E-state index < -0.39 is 15.8 Å². The standard InChI is InChI=1S/C12H17N3O4S/c16-12(17)9-1-3-15-10(13-14-11(15)6-9)5-8-2-4-20(18,19)7-8/h8-9H,1-7H2,(H,16,17). The molecule has 20 heavy (non-hydrogen) atoms. The normalized spacial score (nSPS) is 28.2. The van der Waals surface area contributed by atoms with Crippen molar-refractivity contribution in [3.05, 3.63) is 11.6 Å². The first kappa shape index (κ1) is 13.5. The van der Waals surface area contributed by atoms with Crippen molar-refractivity contribution in [2.75, 3.05) is 11.5 Å². The molecule has 8 heteroatoms. The number of aromatic nitrogens is 3. The lowest BCUT2D eigenvalue weighted by atomic mass is 9.97. The average Bonchev–Trinajstić information content (AvgIpc) is 2.93. The second-order valence-corrected chi connectivity index (χ2v) is 7.91. The molecule has 1 fully saturated rings. The fourth-order valence-corrected chi connectivity index (χ4v) is 4.90. The van der Waals surface area contributed by atoms with E-state index in [9.17, 15) is 13.2 Å². The number of hydrogen-bond donors (Lipinski definition) is 1. The molecule has 0 aromatic carbocycles. The van der Waals surface area contributed by atoms with Crippen molar-refractivity contribution in [1.82, 2.24) is 14.8 Å². The third kappa shape index (κ3) is 2.56. The van der Waals surface area contributed by atoms with E-state index in [2.05, 4.69) is 10.2 Å². The van der Waals surface area contributed by atoms with Crippen LogP contribution in [0.3, 0.4) is 0 Å². The molecule has 2 aliphatic heterocycles. The Morgan fingerprint density at radius 3 is 2.80 bits per heavy atom. The Morgan fingerprint density at radius 1 is 1.35 bits per heavy atom. The van der Waals surface area contributed by atoms with Gasteiger partial charge in [-0.3, -0.25) is 4.79 Å². The quantitative estimate of drug-likeness (QED) is 0.836. The smallest absolute Gasteiger partial charge is 0.307 e. The summed E-state index contributed by atoms with van der Waals surface area (Å²) in [5.74, 6) is 0.942. The molecule has 7 nitrogen and oxygen atoms in total. The molecule has 2 unspecified atom stereocenters. The van der Waals surface area contributed by atoms with Crippen LogP contribution in [0, 0.1) is 11.8 Å². The number of rotatable bonds is 3. The summed E-state index contributed by atoms with van der Waals surface area (Å²) in [6, 6.07) is 0. The lowest BCUT2D eigenvalue weighted by molar-refractivity contribution is -0.142. The molecule has 0 amide bonds. The van der Waals surface area contributed by atoms with Crippen LogP contribution in [0.4, 0.5) is 0 Å². The van der Waals surface area contributed by atoms with Gasteiger partial charge in [0, 0.05) is 19.4 Å². The van der Waals surface area contributed by atoms with E-state index in [1.165, 1.54) is 0 Å². The van der Waals surface area contributed by atoms with Crippen LogP contribution in [-0.4, -0.2) is 45.8 Å².